The summed E-state index contributed by atoms with van der Waals surface area (Å²) >= 11 is 3.26. The van der Waals surface area contributed by atoms with Crippen LogP contribution in [0.2, 0.25) is 0 Å². The zero-order chi connectivity index (χ0) is 14.0. The number of anilines is 2. The van der Waals surface area contributed by atoms with E-state index in [1.54, 1.807) is 13.0 Å². The van der Waals surface area contributed by atoms with Crippen LogP contribution < -0.4 is 10.5 Å². The van der Waals surface area contributed by atoms with Crippen molar-refractivity contribution < 1.29 is 8.42 Å². The minimum atomic E-state index is -3.79. The van der Waals surface area contributed by atoms with Gasteiger partial charge in [0.25, 0.3) is 10.0 Å². The molecule has 2 aromatic rings. The summed E-state index contributed by atoms with van der Waals surface area (Å²) in [6.45, 7) is 1.75. The fourth-order valence-corrected chi connectivity index (χ4v) is 3.07. The maximum absolute atomic E-state index is 12.2. The summed E-state index contributed by atoms with van der Waals surface area (Å²) in [5.74, 6) is 0.205. The van der Waals surface area contributed by atoms with E-state index in [-0.39, 0.29) is 16.5 Å². The van der Waals surface area contributed by atoms with Crippen molar-refractivity contribution in [3.05, 3.63) is 40.6 Å². The monoisotopic (exact) mass is 342 g/mol. The minimum Gasteiger partial charge on any atom is -0.383 e. The maximum atomic E-state index is 12.2. The Labute approximate surface area is 119 Å². The first-order valence-electron chi connectivity index (χ1n) is 5.25. The molecule has 100 valence electrons. The van der Waals surface area contributed by atoms with E-state index in [4.69, 9.17) is 5.73 Å². The van der Waals surface area contributed by atoms with E-state index < -0.39 is 10.0 Å². The van der Waals surface area contributed by atoms with E-state index in [0.717, 1.165) is 4.47 Å². The Morgan fingerprint density at radius 1 is 1.37 bits per heavy atom. The van der Waals surface area contributed by atoms with Crippen LogP contribution >= 0.6 is 15.9 Å². The number of aromatic nitrogens is 2. The summed E-state index contributed by atoms with van der Waals surface area (Å²) in [7, 11) is -3.79. The molecule has 0 amide bonds. The Hall–Kier alpha value is -1.67. The van der Waals surface area contributed by atoms with Crippen molar-refractivity contribution in [2.75, 3.05) is 10.5 Å². The average Bonchev–Trinajstić information content (AvgIpc) is 2.33. The Kier molecular flexibility index (Phi) is 3.72. The molecule has 0 aliphatic rings. The molecule has 0 radical (unpaired) electrons. The third kappa shape index (κ3) is 3.02. The van der Waals surface area contributed by atoms with Crippen LogP contribution in [0.3, 0.4) is 0 Å². The highest BCUT2D eigenvalue weighted by Gasteiger charge is 2.19. The Balaban J connectivity index is 2.40. The SMILES string of the molecule is Cc1cc(Br)cnc1NS(=O)(=O)c1cccnc1N. The number of nitrogens with zero attached hydrogens (tertiary/aromatic N) is 2. The number of hydrogen-bond acceptors (Lipinski definition) is 5. The fourth-order valence-electron chi connectivity index (χ4n) is 1.46. The van der Waals surface area contributed by atoms with Gasteiger partial charge in [0.2, 0.25) is 0 Å². The second kappa shape index (κ2) is 5.14. The summed E-state index contributed by atoms with van der Waals surface area (Å²) in [6.07, 6.45) is 2.94. The molecule has 0 bridgehead atoms. The van der Waals surface area contributed by atoms with Gasteiger partial charge in [0.15, 0.2) is 0 Å². The Morgan fingerprint density at radius 3 is 2.74 bits per heavy atom. The number of aryl methyl sites for hydroxylation is 1. The molecular formula is C11H11BrN4O2S. The van der Waals surface area contributed by atoms with Crippen LogP contribution in [-0.4, -0.2) is 18.4 Å². The maximum Gasteiger partial charge on any atom is 0.266 e. The normalized spacial score (nSPS) is 11.3. The molecule has 2 rings (SSSR count). The summed E-state index contributed by atoms with van der Waals surface area (Å²) in [4.78, 5) is 7.70. The van der Waals surface area contributed by atoms with Gasteiger partial charge in [-0.1, -0.05) is 0 Å². The van der Waals surface area contributed by atoms with Gasteiger partial charge in [0, 0.05) is 16.9 Å². The standard InChI is InChI=1S/C11H11BrN4O2S/c1-7-5-8(12)6-15-11(7)16-19(17,18)9-3-2-4-14-10(9)13/h2-6H,1H3,(H2,13,14)(H,15,16). The molecule has 2 aromatic heterocycles. The highest BCUT2D eigenvalue weighted by atomic mass is 79.9. The van der Waals surface area contributed by atoms with Crippen molar-refractivity contribution in [3.63, 3.8) is 0 Å². The molecule has 0 atom stereocenters. The van der Waals surface area contributed by atoms with Crippen LogP contribution in [0, 0.1) is 6.92 Å². The molecule has 6 nitrogen and oxygen atoms in total. The second-order valence-electron chi connectivity index (χ2n) is 3.81. The molecule has 0 saturated heterocycles. The zero-order valence-corrected chi connectivity index (χ0v) is 12.4. The van der Waals surface area contributed by atoms with Crippen LogP contribution in [0.1, 0.15) is 5.56 Å². The van der Waals surface area contributed by atoms with Gasteiger partial charge in [-0.3, -0.25) is 4.72 Å². The molecule has 8 heteroatoms. The first-order chi connectivity index (χ1) is 8.90. The fraction of sp³-hybridized carbons (Fsp3) is 0.0909. The molecule has 0 aliphatic heterocycles. The van der Waals surface area contributed by atoms with E-state index in [1.807, 2.05) is 0 Å². The topological polar surface area (TPSA) is 98.0 Å². The lowest BCUT2D eigenvalue weighted by Gasteiger charge is -2.10. The van der Waals surface area contributed by atoms with Crippen molar-refractivity contribution in [2.24, 2.45) is 0 Å². The van der Waals surface area contributed by atoms with Crippen molar-refractivity contribution in [3.8, 4) is 0 Å². The first kappa shape index (κ1) is 13.8. The number of sulfonamides is 1. The van der Waals surface area contributed by atoms with Crippen LogP contribution in [0.4, 0.5) is 11.6 Å². The predicted octanol–water partition coefficient (Wildman–Crippen LogP) is 1.93. The summed E-state index contributed by atoms with van der Waals surface area (Å²) in [5, 5.41) is 0. The van der Waals surface area contributed by atoms with Gasteiger partial charge in [-0.15, -0.1) is 0 Å². The highest BCUT2D eigenvalue weighted by molar-refractivity contribution is 9.10. The summed E-state index contributed by atoms with van der Waals surface area (Å²) in [6, 6.07) is 4.66. The van der Waals surface area contributed by atoms with Gasteiger partial charge in [0.1, 0.15) is 16.5 Å². The molecular weight excluding hydrogens is 332 g/mol. The smallest absolute Gasteiger partial charge is 0.266 e. The number of nitrogen functional groups attached to an aromatic ring is 1. The van der Waals surface area contributed by atoms with Crippen LogP contribution in [0.15, 0.2) is 40.0 Å². The van der Waals surface area contributed by atoms with E-state index in [0.29, 0.717) is 5.56 Å². The molecule has 0 unspecified atom stereocenters. The third-order valence-corrected chi connectivity index (χ3v) is 4.19. The average molecular weight is 343 g/mol. The van der Waals surface area contributed by atoms with E-state index in [1.165, 1.54) is 24.5 Å². The lowest BCUT2D eigenvalue weighted by atomic mass is 10.3. The largest absolute Gasteiger partial charge is 0.383 e. The number of nitrogens with two attached hydrogens (primary N) is 1. The van der Waals surface area contributed by atoms with E-state index in [2.05, 4.69) is 30.6 Å². The number of halogens is 1. The second-order valence-corrected chi connectivity index (χ2v) is 6.38. The molecule has 0 aromatic carbocycles. The molecule has 19 heavy (non-hydrogen) atoms. The lowest BCUT2D eigenvalue weighted by molar-refractivity contribution is 0.601. The van der Waals surface area contributed by atoms with E-state index in [9.17, 15) is 8.42 Å². The Morgan fingerprint density at radius 2 is 2.11 bits per heavy atom. The van der Waals surface area contributed by atoms with Crippen molar-refractivity contribution >= 4 is 37.6 Å². The van der Waals surface area contributed by atoms with Crippen LogP contribution in [0.5, 0.6) is 0 Å². The first-order valence-corrected chi connectivity index (χ1v) is 7.53. The Bertz CT molecular complexity index is 718. The van der Waals surface area contributed by atoms with Gasteiger partial charge in [-0.2, -0.15) is 0 Å². The predicted molar refractivity (Wildman–Crippen MR) is 76.1 cm³/mol. The van der Waals surface area contributed by atoms with Crippen molar-refractivity contribution in [2.45, 2.75) is 11.8 Å². The molecule has 0 saturated carbocycles. The van der Waals surface area contributed by atoms with Crippen molar-refractivity contribution in [1.82, 2.24) is 9.97 Å². The van der Waals surface area contributed by atoms with Gasteiger partial charge in [-0.05, 0) is 46.6 Å². The summed E-state index contributed by atoms with van der Waals surface area (Å²) in [5.41, 5.74) is 6.26. The summed E-state index contributed by atoms with van der Waals surface area (Å²) < 4.78 is 27.5. The van der Waals surface area contributed by atoms with Crippen molar-refractivity contribution in [1.29, 1.82) is 0 Å². The van der Waals surface area contributed by atoms with Gasteiger partial charge in [-0.25, -0.2) is 18.4 Å². The molecule has 0 fully saturated rings. The number of pyridine rings is 2. The molecule has 3 N–H and O–H groups in total. The van der Waals surface area contributed by atoms with Gasteiger partial charge in [0.05, 0.1) is 0 Å². The highest BCUT2D eigenvalue weighted by Crippen LogP contribution is 2.22. The quantitative estimate of drug-likeness (QED) is 0.887. The van der Waals surface area contributed by atoms with Gasteiger partial charge < -0.3 is 5.73 Å². The van der Waals surface area contributed by atoms with Gasteiger partial charge >= 0.3 is 0 Å². The molecule has 2 heterocycles. The molecule has 0 aliphatic carbocycles. The minimum absolute atomic E-state index is 0.0511. The zero-order valence-electron chi connectivity index (χ0n) is 9.96. The van der Waals surface area contributed by atoms with E-state index >= 15 is 0 Å². The third-order valence-electron chi connectivity index (χ3n) is 2.37. The lowest BCUT2D eigenvalue weighted by Crippen LogP contribution is -2.16. The molecule has 0 spiro atoms. The number of hydrogen-bond donors (Lipinski definition) is 2. The van der Waals surface area contributed by atoms with Crippen LogP contribution in [0.25, 0.3) is 0 Å². The van der Waals surface area contributed by atoms with Crippen LogP contribution in [-0.2, 0) is 10.0 Å². The number of nitrogens with one attached hydrogen (secondary N) is 1. The number of rotatable bonds is 3.